The first-order valence-corrected chi connectivity index (χ1v) is 7.79. The lowest BCUT2D eigenvalue weighted by Crippen LogP contribution is -2.48. The van der Waals surface area contributed by atoms with Gasteiger partial charge in [0.1, 0.15) is 6.04 Å². The number of hydrogen-bond donors (Lipinski definition) is 2. The van der Waals surface area contributed by atoms with Crippen LogP contribution in [0.15, 0.2) is 29.2 Å². The van der Waals surface area contributed by atoms with Gasteiger partial charge in [-0.3, -0.25) is 9.59 Å². The van der Waals surface area contributed by atoms with Crippen LogP contribution in [0.1, 0.15) is 38.1 Å². The second kappa shape index (κ2) is 5.95. The average Bonchev–Trinajstić information content (AvgIpc) is 2.34. The Morgan fingerprint density at radius 3 is 1.95 bits per heavy atom. The highest BCUT2D eigenvalue weighted by atomic mass is 32.2. The first-order chi connectivity index (χ1) is 9.45. The normalized spacial score (nSPS) is 13.7. The van der Waals surface area contributed by atoms with Crippen LogP contribution in [0.3, 0.4) is 0 Å². The highest BCUT2D eigenvalue weighted by molar-refractivity contribution is 7.89. The molecule has 0 fully saturated rings. The molecule has 1 atom stereocenters. The van der Waals surface area contributed by atoms with E-state index in [9.17, 15) is 18.0 Å². The van der Waals surface area contributed by atoms with Gasteiger partial charge in [0.2, 0.25) is 10.0 Å². The van der Waals surface area contributed by atoms with Gasteiger partial charge in [0.15, 0.2) is 5.78 Å². The summed E-state index contributed by atoms with van der Waals surface area (Å²) in [5.41, 5.74) is -0.391. The molecule has 7 heteroatoms. The molecule has 1 aromatic carbocycles. The van der Waals surface area contributed by atoms with Crippen LogP contribution in [0, 0.1) is 5.41 Å². The Balaban J connectivity index is 3.11. The fourth-order valence-electron chi connectivity index (χ4n) is 1.69. The highest BCUT2D eigenvalue weighted by Crippen LogP contribution is 2.22. The van der Waals surface area contributed by atoms with Crippen LogP contribution in [0.2, 0.25) is 0 Å². The number of carboxylic acids is 1. The minimum Gasteiger partial charge on any atom is -0.480 e. The van der Waals surface area contributed by atoms with E-state index in [0.29, 0.717) is 5.56 Å². The van der Waals surface area contributed by atoms with Gasteiger partial charge < -0.3 is 5.11 Å². The van der Waals surface area contributed by atoms with Crippen molar-refractivity contribution in [3.05, 3.63) is 29.8 Å². The van der Waals surface area contributed by atoms with E-state index in [1.54, 1.807) is 20.8 Å². The number of nitrogens with one attached hydrogen (secondary N) is 1. The summed E-state index contributed by atoms with van der Waals surface area (Å²) in [4.78, 5) is 22.3. The molecule has 116 valence electrons. The minimum atomic E-state index is -3.97. The van der Waals surface area contributed by atoms with Crippen LogP contribution in [-0.4, -0.2) is 31.3 Å². The van der Waals surface area contributed by atoms with Gasteiger partial charge in [-0.25, -0.2) is 8.42 Å². The first kappa shape index (κ1) is 17.3. The third-order valence-corrected chi connectivity index (χ3v) is 4.40. The van der Waals surface area contributed by atoms with E-state index < -0.39 is 27.4 Å². The lowest BCUT2D eigenvalue weighted by molar-refractivity contribution is -0.141. The fourth-order valence-corrected chi connectivity index (χ4v) is 3.08. The Kier molecular flexibility index (Phi) is 4.91. The lowest BCUT2D eigenvalue weighted by Gasteiger charge is -2.27. The molecule has 0 aromatic heterocycles. The van der Waals surface area contributed by atoms with E-state index >= 15 is 0 Å². The van der Waals surface area contributed by atoms with Crippen molar-refractivity contribution in [1.29, 1.82) is 0 Å². The number of carboxylic acid groups (broad SMARTS) is 1. The van der Waals surface area contributed by atoms with Gasteiger partial charge >= 0.3 is 5.97 Å². The molecule has 1 aromatic rings. The molecule has 2 N–H and O–H groups in total. The summed E-state index contributed by atoms with van der Waals surface area (Å²) in [6.07, 6.45) is 0. The largest absolute Gasteiger partial charge is 0.480 e. The van der Waals surface area contributed by atoms with Gasteiger partial charge in [0, 0.05) is 5.56 Å². The molecule has 0 aliphatic heterocycles. The summed E-state index contributed by atoms with van der Waals surface area (Å²) in [6.45, 7) is 6.27. The van der Waals surface area contributed by atoms with Crippen LogP contribution in [0.4, 0.5) is 0 Å². The predicted molar refractivity (Wildman–Crippen MR) is 77.6 cm³/mol. The summed E-state index contributed by atoms with van der Waals surface area (Å²) in [7, 11) is -3.97. The zero-order valence-electron chi connectivity index (χ0n) is 12.4. The zero-order chi connectivity index (χ0) is 16.4. The molecule has 6 nitrogen and oxygen atoms in total. The van der Waals surface area contributed by atoms with E-state index in [4.69, 9.17) is 5.11 Å². The second-order valence-electron chi connectivity index (χ2n) is 5.84. The maximum Gasteiger partial charge on any atom is 0.322 e. The molecular weight excluding hydrogens is 294 g/mol. The van der Waals surface area contributed by atoms with E-state index in [2.05, 4.69) is 4.72 Å². The number of rotatable bonds is 5. The molecule has 0 heterocycles. The fraction of sp³-hybridized carbons (Fsp3) is 0.429. The molecule has 0 saturated heterocycles. The lowest BCUT2D eigenvalue weighted by atomic mass is 9.88. The van der Waals surface area contributed by atoms with Gasteiger partial charge in [-0.1, -0.05) is 32.9 Å². The van der Waals surface area contributed by atoms with Crippen molar-refractivity contribution in [2.24, 2.45) is 5.41 Å². The van der Waals surface area contributed by atoms with Gasteiger partial charge in [-0.05, 0) is 24.5 Å². The molecule has 21 heavy (non-hydrogen) atoms. The third-order valence-electron chi connectivity index (χ3n) is 2.96. The standard InChI is InChI=1S/C14H19NO5S/c1-9(16)10-5-7-11(8-6-10)21(19,20)15-12(13(17)18)14(2,3)4/h5-8,12,15H,1-4H3,(H,17,18)/t12-/m0/s1. The smallest absolute Gasteiger partial charge is 0.322 e. The maximum absolute atomic E-state index is 12.2. The monoisotopic (exact) mass is 313 g/mol. The zero-order valence-corrected chi connectivity index (χ0v) is 13.2. The van der Waals surface area contributed by atoms with Crippen molar-refractivity contribution in [3.63, 3.8) is 0 Å². The second-order valence-corrected chi connectivity index (χ2v) is 7.55. The Morgan fingerprint density at radius 1 is 1.14 bits per heavy atom. The summed E-state index contributed by atoms with van der Waals surface area (Å²) < 4.78 is 26.6. The van der Waals surface area contributed by atoms with E-state index in [1.165, 1.54) is 31.2 Å². The molecule has 0 spiro atoms. The van der Waals surface area contributed by atoms with Crippen molar-refractivity contribution in [1.82, 2.24) is 4.72 Å². The van der Waals surface area contributed by atoms with Crippen molar-refractivity contribution < 1.29 is 23.1 Å². The van der Waals surface area contributed by atoms with Gasteiger partial charge in [0.25, 0.3) is 0 Å². The number of hydrogen-bond acceptors (Lipinski definition) is 4. The van der Waals surface area contributed by atoms with Crippen LogP contribution < -0.4 is 4.72 Å². The maximum atomic E-state index is 12.2. The summed E-state index contributed by atoms with van der Waals surface area (Å²) in [5.74, 6) is -1.42. The Hall–Kier alpha value is -1.73. The molecular formula is C14H19NO5S. The number of Topliss-reactive ketones (excluding diaryl/α,β-unsaturated/α-hetero) is 1. The van der Waals surface area contributed by atoms with Gasteiger partial charge in [0.05, 0.1) is 4.90 Å². The Morgan fingerprint density at radius 2 is 1.62 bits per heavy atom. The number of ketones is 1. The van der Waals surface area contributed by atoms with Crippen molar-refractivity contribution >= 4 is 21.8 Å². The van der Waals surface area contributed by atoms with Gasteiger partial charge in [-0.2, -0.15) is 4.72 Å². The SMILES string of the molecule is CC(=O)c1ccc(S(=O)(=O)N[C@@H](C(=O)O)C(C)(C)C)cc1. The average molecular weight is 313 g/mol. The number of carbonyl (C=O) groups excluding carboxylic acids is 1. The van der Waals surface area contributed by atoms with Crippen molar-refractivity contribution in [3.8, 4) is 0 Å². The van der Waals surface area contributed by atoms with E-state index in [-0.39, 0.29) is 10.7 Å². The molecule has 0 aliphatic rings. The van der Waals surface area contributed by atoms with Gasteiger partial charge in [-0.15, -0.1) is 0 Å². The van der Waals surface area contributed by atoms with E-state index in [0.717, 1.165) is 0 Å². The number of carbonyl (C=O) groups is 2. The quantitative estimate of drug-likeness (QED) is 0.805. The highest BCUT2D eigenvalue weighted by Gasteiger charge is 2.35. The van der Waals surface area contributed by atoms with Crippen LogP contribution in [-0.2, 0) is 14.8 Å². The topological polar surface area (TPSA) is 101 Å². The number of sulfonamides is 1. The number of benzene rings is 1. The van der Waals surface area contributed by atoms with Crippen molar-refractivity contribution in [2.45, 2.75) is 38.6 Å². The van der Waals surface area contributed by atoms with Crippen LogP contribution >= 0.6 is 0 Å². The molecule has 0 unspecified atom stereocenters. The van der Waals surface area contributed by atoms with Crippen LogP contribution in [0.5, 0.6) is 0 Å². The third kappa shape index (κ3) is 4.37. The first-order valence-electron chi connectivity index (χ1n) is 6.31. The molecule has 1 rings (SSSR count). The predicted octanol–water partition coefficient (Wildman–Crippen LogP) is 1.67. The summed E-state index contributed by atoms with van der Waals surface area (Å²) >= 11 is 0. The molecule has 0 saturated carbocycles. The summed E-state index contributed by atoms with van der Waals surface area (Å²) in [6, 6.07) is 4.09. The minimum absolute atomic E-state index is 0.0806. The van der Waals surface area contributed by atoms with E-state index in [1.807, 2.05) is 0 Å². The van der Waals surface area contributed by atoms with Crippen molar-refractivity contribution in [2.75, 3.05) is 0 Å². The number of aliphatic carboxylic acids is 1. The Labute approximate surface area is 124 Å². The molecule has 0 bridgehead atoms. The molecule has 0 amide bonds. The molecule has 0 aliphatic carbocycles. The Bertz CT molecular complexity index is 641. The molecule has 0 radical (unpaired) electrons. The van der Waals surface area contributed by atoms with Crippen LogP contribution in [0.25, 0.3) is 0 Å². The summed E-state index contributed by atoms with van der Waals surface area (Å²) in [5, 5.41) is 9.16.